The van der Waals surface area contributed by atoms with Crippen molar-refractivity contribution in [2.75, 3.05) is 7.11 Å². The van der Waals surface area contributed by atoms with Gasteiger partial charge in [-0.1, -0.05) is 35.6 Å². The molecule has 86 valence electrons. The number of nitrogens with one attached hydrogen (secondary N) is 2. The van der Waals surface area contributed by atoms with Gasteiger partial charge in [-0.2, -0.15) is 5.43 Å². The Morgan fingerprint density at radius 2 is 1.94 bits per heavy atom. The van der Waals surface area contributed by atoms with E-state index in [1.54, 1.807) is 7.11 Å². The normalized spacial score (nSPS) is 18.3. The van der Waals surface area contributed by atoms with Crippen molar-refractivity contribution in [1.82, 2.24) is 11.0 Å². The number of hydrogen-bond donors (Lipinski definition) is 2. The maximum atomic E-state index is 5.36. The maximum absolute atomic E-state index is 5.36. The highest BCUT2D eigenvalue weighted by Crippen LogP contribution is 2.32. The summed E-state index contributed by atoms with van der Waals surface area (Å²) in [5.74, 6) is 0.868. The van der Waals surface area contributed by atoms with E-state index in [-0.39, 0.29) is 6.17 Å². The first-order chi connectivity index (χ1) is 8.40. The molecular formula is C12H12N4O. The minimum atomic E-state index is -0.147. The summed E-state index contributed by atoms with van der Waals surface area (Å²) in [6.45, 7) is 0. The van der Waals surface area contributed by atoms with Gasteiger partial charge in [0.1, 0.15) is 5.75 Å². The zero-order valence-electron chi connectivity index (χ0n) is 9.34. The smallest absolute Gasteiger partial charge is 0.166 e. The SMILES string of the molecule is COc1ccc(C2N=NNN2)c2ccccc12. The van der Waals surface area contributed by atoms with Crippen molar-refractivity contribution < 1.29 is 4.74 Å². The second kappa shape index (κ2) is 4.03. The number of rotatable bonds is 2. The van der Waals surface area contributed by atoms with E-state index >= 15 is 0 Å². The van der Waals surface area contributed by atoms with Crippen molar-refractivity contribution in [2.45, 2.75) is 6.17 Å². The van der Waals surface area contributed by atoms with Crippen LogP contribution in [0.4, 0.5) is 0 Å². The third-order valence-electron chi connectivity index (χ3n) is 2.86. The summed E-state index contributed by atoms with van der Waals surface area (Å²) in [7, 11) is 1.68. The molecule has 2 aromatic carbocycles. The van der Waals surface area contributed by atoms with Gasteiger partial charge >= 0.3 is 0 Å². The first-order valence-corrected chi connectivity index (χ1v) is 5.36. The molecule has 1 aliphatic heterocycles. The predicted molar refractivity (Wildman–Crippen MR) is 64.4 cm³/mol. The van der Waals surface area contributed by atoms with Gasteiger partial charge in [0.05, 0.1) is 7.11 Å². The van der Waals surface area contributed by atoms with Gasteiger partial charge in [0.2, 0.25) is 0 Å². The number of hydrogen-bond acceptors (Lipinski definition) is 5. The second-order valence-electron chi connectivity index (χ2n) is 3.78. The van der Waals surface area contributed by atoms with Crippen LogP contribution in [0.15, 0.2) is 46.7 Å². The summed E-state index contributed by atoms with van der Waals surface area (Å²) in [4.78, 5) is 0. The Labute approximate surface area is 98.4 Å². The summed E-state index contributed by atoms with van der Waals surface area (Å²) in [6, 6.07) is 12.1. The second-order valence-corrected chi connectivity index (χ2v) is 3.78. The molecule has 0 aromatic heterocycles. The van der Waals surface area contributed by atoms with Crippen molar-refractivity contribution in [3.8, 4) is 5.75 Å². The summed E-state index contributed by atoms with van der Waals surface area (Å²) in [6.07, 6.45) is -0.147. The van der Waals surface area contributed by atoms with Crippen molar-refractivity contribution in [1.29, 1.82) is 0 Å². The van der Waals surface area contributed by atoms with E-state index in [0.29, 0.717) is 0 Å². The fourth-order valence-corrected chi connectivity index (χ4v) is 2.06. The van der Waals surface area contributed by atoms with Crippen LogP contribution in [0.25, 0.3) is 10.8 Å². The van der Waals surface area contributed by atoms with Gasteiger partial charge in [0.15, 0.2) is 6.17 Å². The number of nitrogens with zero attached hydrogens (tertiary/aromatic N) is 2. The molecule has 0 bridgehead atoms. The molecule has 2 N–H and O–H groups in total. The molecule has 1 unspecified atom stereocenters. The summed E-state index contributed by atoms with van der Waals surface area (Å²) < 4.78 is 5.36. The number of hydrazine groups is 1. The first kappa shape index (κ1) is 10.0. The topological polar surface area (TPSA) is 58.0 Å². The Balaban J connectivity index is 2.22. The van der Waals surface area contributed by atoms with Gasteiger partial charge in [-0.25, -0.2) is 5.53 Å². The van der Waals surface area contributed by atoms with Crippen molar-refractivity contribution in [3.05, 3.63) is 42.0 Å². The number of benzene rings is 2. The highest BCUT2D eigenvalue weighted by atomic mass is 16.5. The monoisotopic (exact) mass is 228 g/mol. The van der Waals surface area contributed by atoms with Crippen molar-refractivity contribution >= 4 is 10.8 Å². The van der Waals surface area contributed by atoms with Crippen LogP contribution in [-0.2, 0) is 0 Å². The third kappa shape index (κ3) is 1.60. The molecule has 5 nitrogen and oxygen atoms in total. The summed E-state index contributed by atoms with van der Waals surface area (Å²) >= 11 is 0. The van der Waals surface area contributed by atoms with Crippen LogP contribution < -0.4 is 15.7 Å². The lowest BCUT2D eigenvalue weighted by Crippen LogP contribution is -2.24. The minimum absolute atomic E-state index is 0.147. The molecule has 0 fully saturated rings. The van der Waals surface area contributed by atoms with Crippen LogP contribution >= 0.6 is 0 Å². The van der Waals surface area contributed by atoms with Gasteiger partial charge in [-0.15, -0.1) is 5.11 Å². The maximum Gasteiger partial charge on any atom is 0.166 e. The molecule has 17 heavy (non-hydrogen) atoms. The Morgan fingerprint density at radius 1 is 1.12 bits per heavy atom. The molecule has 1 aliphatic rings. The summed E-state index contributed by atoms with van der Waals surface area (Å²) in [5.41, 5.74) is 6.70. The van der Waals surface area contributed by atoms with Gasteiger partial charge in [0, 0.05) is 10.9 Å². The largest absolute Gasteiger partial charge is 0.496 e. The molecule has 0 radical (unpaired) electrons. The van der Waals surface area contributed by atoms with Gasteiger partial charge in [-0.3, -0.25) is 0 Å². The number of fused-ring (bicyclic) bond motifs is 1. The molecule has 0 saturated heterocycles. The fourth-order valence-electron chi connectivity index (χ4n) is 2.06. The van der Waals surface area contributed by atoms with Crippen LogP contribution in [0.1, 0.15) is 11.7 Å². The Morgan fingerprint density at radius 3 is 2.65 bits per heavy atom. The lowest BCUT2D eigenvalue weighted by molar-refractivity contribution is 0.419. The molecule has 1 heterocycles. The summed E-state index contributed by atoms with van der Waals surface area (Å²) in [5, 5.41) is 9.99. The van der Waals surface area contributed by atoms with E-state index < -0.39 is 0 Å². The predicted octanol–water partition coefficient (Wildman–Crippen LogP) is 2.32. The molecule has 1 atom stereocenters. The molecule has 3 rings (SSSR count). The highest BCUT2D eigenvalue weighted by molar-refractivity contribution is 5.91. The minimum Gasteiger partial charge on any atom is -0.496 e. The molecule has 5 heteroatoms. The van der Waals surface area contributed by atoms with E-state index in [9.17, 15) is 0 Å². The molecule has 0 amide bonds. The third-order valence-corrected chi connectivity index (χ3v) is 2.86. The number of ether oxygens (including phenoxy) is 1. The average molecular weight is 228 g/mol. The van der Waals surface area contributed by atoms with E-state index in [1.165, 1.54) is 0 Å². The van der Waals surface area contributed by atoms with Crippen LogP contribution in [0.5, 0.6) is 5.75 Å². The fraction of sp³-hybridized carbons (Fsp3) is 0.167. The molecule has 0 spiro atoms. The van der Waals surface area contributed by atoms with Crippen molar-refractivity contribution in [2.24, 2.45) is 10.3 Å². The molecular weight excluding hydrogens is 216 g/mol. The standard InChI is InChI=1S/C12H12N4O/c1-17-11-7-6-10(12-13-15-16-14-12)8-4-2-3-5-9(8)11/h2-7,12H,1H3,(H,13,16)(H,14,15). The Kier molecular flexibility index (Phi) is 2.38. The molecule has 0 saturated carbocycles. The molecule has 2 aromatic rings. The lowest BCUT2D eigenvalue weighted by Gasteiger charge is -2.12. The lowest BCUT2D eigenvalue weighted by atomic mass is 10.0. The van der Waals surface area contributed by atoms with Crippen LogP contribution in [0.2, 0.25) is 0 Å². The van der Waals surface area contributed by atoms with E-state index in [4.69, 9.17) is 4.74 Å². The van der Waals surface area contributed by atoms with Crippen molar-refractivity contribution in [3.63, 3.8) is 0 Å². The van der Waals surface area contributed by atoms with E-state index in [1.807, 2.05) is 30.3 Å². The van der Waals surface area contributed by atoms with Gasteiger partial charge < -0.3 is 4.74 Å². The van der Waals surface area contributed by atoms with Gasteiger partial charge in [-0.05, 0) is 11.5 Å². The quantitative estimate of drug-likeness (QED) is 0.829. The van der Waals surface area contributed by atoms with E-state index in [0.717, 1.165) is 22.1 Å². The van der Waals surface area contributed by atoms with E-state index in [2.05, 4.69) is 27.4 Å². The average Bonchev–Trinajstić information content (AvgIpc) is 2.91. The first-order valence-electron chi connectivity index (χ1n) is 5.36. The zero-order valence-corrected chi connectivity index (χ0v) is 9.34. The Bertz CT molecular complexity index is 582. The zero-order chi connectivity index (χ0) is 11.7. The highest BCUT2D eigenvalue weighted by Gasteiger charge is 2.17. The van der Waals surface area contributed by atoms with Crippen LogP contribution in [0, 0.1) is 0 Å². The van der Waals surface area contributed by atoms with Crippen LogP contribution in [-0.4, -0.2) is 7.11 Å². The van der Waals surface area contributed by atoms with Crippen LogP contribution in [0.3, 0.4) is 0 Å². The number of methoxy groups -OCH3 is 1. The molecule has 0 aliphatic carbocycles. The van der Waals surface area contributed by atoms with Gasteiger partial charge in [0.25, 0.3) is 0 Å². The Hall–Kier alpha value is -2.14.